The molecular weight excluding hydrogens is 248 g/mol. The van der Waals surface area contributed by atoms with Gasteiger partial charge in [0.05, 0.1) is 10.7 Å². The molecule has 0 bridgehead atoms. The van der Waals surface area contributed by atoms with Crippen molar-refractivity contribution >= 4 is 23.2 Å². The second kappa shape index (κ2) is 5.56. The van der Waals surface area contributed by atoms with E-state index in [4.69, 9.17) is 11.6 Å². The Morgan fingerprint density at radius 1 is 1.06 bits per heavy atom. The van der Waals surface area contributed by atoms with Crippen LogP contribution in [0.25, 0.3) is 0 Å². The van der Waals surface area contributed by atoms with Crippen LogP contribution < -0.4 is 10.9 Å². The maximum atomic E-state index is 11.9. The number of amides is 1. The smallest absolute Gasteiger partial charge is 0.269 e. The lowest BCUT2D eigenvalue weighted by atomic mass is 10.1. The summed E-state index contributed by atoms with van der Waals surface area (Å²) in [5.74, 6) is -0.187. The summed E-state index contributed by atoms with van der Waals surface area (Å²) in [5.41, 5.74) is 7.66. The summed E-state index contributed by atoms with van der Waals surface area (Å²) in [7, 11) is 0. The Hall–Kier alpha value is -2.00. The molecule has 0 saturated carbocycles. The maximum absolute atomic E-state index is 11.9. The van der Waals surface area contributed by atoms with Gasteiger partial charge in [0.2, 0.25) is 0 Å². The van der Waals surface area contributed by atoms with Crippen molar-refractivity contribution in [3.63, 3.8) is 0 Å². The van der Waals surface area contributed by atoms with Crippen LogP contribution in [0.1, 0.15) is 15.9 Å². The summed E-state index contributed by atoms with van der Waals surface area (Å²) >= 11 is 5.97. The standard InChI is InChI=1S/C14H13ClN2O/c1-10-6-2-3-7-11(10)14(18)17-16-13-9-5-4-8-12(13)15/h2-9,16H,1H3,(H,17,18). The molecule has 2 rings (SSSR count). The van der Waals surface area contributed by atoms with Gasteiger partial charge in [-0.15, -0.1) is 0 Å². The number of anilines is 1. The summed E-state index contributed by atoms with van der Waals surface area (Å²) < 4.78 is 0. The third-order valence-electron chi connectivity index (χ3n) is 2.57. The predicted octanol–water partition coefficient (Wildman–Crippen LogP) is 3.41. The number of nitrogens with one attached hydrogen (secondary N) is 2. The highest BCUT2D eigenvalue weighted by molar-refractivity contribution is 6.33. The molecular formula is C14H13ClN2O. The molecule has 18 heavy (non-hydrogen) atoms. The zero-order valence-electron chi connectivity index (χ0n) is 9.91. The number of hydrogen-bond acceptors (Lipinski definition) is 2. The number of carbonyl (C=O) groups excluding carboxylic acids is 1. The Kier molecular flexibility index (Phi) is 3.85. The molecule has 2 N–H and O–H groups in total. The molecule has 3 nitrogen and oxygen atoms in total. The molecule has 0 aliphatic carbocycles. The van der Waals surface area contributed by atoms with Crippen LogP contribution in [0.5, 0.6) is 0 Å². The van der Waals surface area contributed by atoms with E-state index >= 15 is 0 Å². The van der Waals surface area contributed by atoms with Gasteiger partial charge in [0, 0.05) is 5.56 Å². The van der Waals surface area contributed by atoms with Gasteiger partial charge in [-0.1, -0.05) is 41.9 Å². The predicted molar refractivity (Wildman–Crippen MR) is 73.7 cm³/mol. The van der Waals surface area contributed by atoms with Crippen molar-refractivity contribution in [1.29, 1.82) is 0 Å². The SMILES string of the molecule is Cc1ccccc1C(=O)NNc1ccccc1Cl. The van der Waals surface area contributed by atoms with Gasteiger partial charge in [-0.3, -0.25) is 15.6 Å². The summed E-state index contributed by atoms with van der Waals surface area (Å²) in [6, 6.07) is 14.6. The molecule has 1 amide bonds. The van der Waals surface area contributed by atoms with Crippen LogP contribution in [0.3, 0.4) is 0 Å². The topological polar surface area (TPSA) is 41.1 Å². The zero-order chi connectivity index (χ0) is 13.0. The first kappa shape index (κ1) is 12.5. The van der Waals surface area contributed by atoms with E-state index < -0.39 is 0 Å². The molecule has 0 aliphatic heterocycles. The van der Waals surface area contributed by atoms with Gasteiger partial charge in [-0.25, -0.2) is 0 Å². The van der Waals surface area contributed by atoms with Crippen LogP contribution >= 0.6 is 11.6 Å². The Bertz CT molecular complexity index is 569. The first-order chi connectivity index (χ1) is 8.68. The number of hydrogen-bond donors (Lipinski definition) is 2. The first-order valence-electron chi connectivity index (χ1n) is 5.55. The van der Waals surface area contributed by atoms with Crippen LogP contribution in [0.2, 0.25) is 5.02 Å². The van der Waals surface area contributed by atoms with Gasteiger partial charge in [0.1, 0.15) is 0 Å². The van der Waals surface area contributed by atoms with Crippen molar-refractivity contribution in [2.45, 2.75) is 6.92 Å². The van der Waals surface area contributed by atoms with E-state index in [0.717, 1.165) is 5.56 Å². The van der Waals surface area contributed by atoms with Gasteiger partial charge < -0.3 is 0 Å². The molecule has 0 aromatic heterocycles. The number of carbonyl (C=O) groups is 1. The van der Waals surface area contributed by atoms with E-state index in [0.29, 0.717) is 16.3 Å². The summed E-state index contributed by atoms with van der Waals surface area (Å²) in [5, 5.41) is 0.558. The molecule has 92 valence electrons. The number of hydrazine groups is 1. The normalized spacial score (nSPS) is 9.89. The molecule has 0 spiro atoms. The van der Waals surface area contributed by atoms with E-state index in [1.54, 1.807) is 18.2 Å². The van der Waals surface area contributed by atoms with E-state index in [1.807, 2.05) is 37.3 Å². The van der Waals surface area contributed by atoms with Gasteiger partial charge in [-0.05, 0) is 30.7 Å². The molecule has 2 aromatic carbocycles. The van der Waals surface area contributed by atoms with Crippen LogP contribution in [0.4, 0.5) is 5.69 Å². The maximum Gasteiger partial charge on any atom is 0.269 e. The Morgan fingerprint density at radius 2 is 1.72 bits per heavy atom. The zero-order valence-corrected chi connectivity index (χ0v) is 10.7. The van der Waals surface area contributed by atoms with E-state index in [1.165, 1.54) is 0 Å². The van der Waals surface area contributed by atoms with Crippen molar-refractivity contribution in [2.75, 3.05) is 5.43 Å². The lowest BCUT2D eigenvalue weighted by Crippen LogP contribution is -2.29. The number of para-hydroxylation sites is 1. The first-order valence-corrected chi connectivity index (χ1v) is 5.93. The quantitative estimate of drug-likeness (QED) is 0.831. The van der Waals surface area contributed by atoms with E-state index in [-0.39, 0.29) is 5.91 Å². The van der Waals surface area contributed by atoms with Gasteiger partial charge >= 0.3 is 0 Å². The number of aryl methyl sites for hydroxylation is 1. The fourth-order valence-electron chi connectivity index (χ4n) is 1.58. The molecule has 0 saturated heterocycles. The second-order valence-electron chi connectivity index (χ2n) is 3.87. The van der Waals surface area contributed by atoms with E-state index in [2.05, 4.69) is 10.9 Å². The van der Waals surface area contributed by atoms with Crippen molar-refractivity contribution in [3.8, 4) is 0 Å². The second-order valence-corrected chi connectivity index (χ2v) is 4.28. The Labute approximate surface area is 111 Å². The van der Waals surface area contributed by atoms with Gasteiger partial charge in [-0.2, -0.15) is 0 Å². The van der Waals surface area contributed by atoms with Crippen molar-refractivity contribution in [1.82, 2.24) is 5.43 Å². The van der Waals surface area contributed by atoms with E-state index in [9.17, 15) is 4.79 Å². The lowest BCUT2D eigenvalue weighted by molar-refractivity contribution is 0.0962. The largest absolute Gasteiger partial charge is 0.297 e. The average Bonchev–Trinajstić information content (AvgIpc) is 2.38. The minimum Gasteiger partial charge on any atom is -0.297 e. The van der Waals surface area contributed by atoms with Gasteiger partial charge in [0.25, 0.3) is 5.91 Å². The monoisotopic (exact) mass is 260 g/mol. The minimum absolute atomic E-state index is 0.187. The fraction of sp³-hybridized carbons (Fsp3) is 0.0714. The number of benzene rings is 2. The lowest BCUT2D eigenvalue weighted by Gasteiger charge is -2.10. The van der Waals surface area contributed by atoms with Gasteiger partial charge in [0.15, 0.2) is 0 Å². The molecule has 0 aliphatic rings. The molecule has 4 heteroatoms. The van der Waals surface area contributed by atoms with Crippen molar-refractivity contribution in [2.24, 2.45) is 0 Å². The van der Waals surface area contributed by atoms with Crippen LogP contribution in [-0.2, 0) is 0 Å². The highest BCUT2D eigenvalue weighted by Crippen LogP contribution is 2.19. The van der Waals surface area contributed by atoms with Crippen molar-refractivity contribution in [3.05, 3.63) is 64.7 Å². The van der Waals surface area contributed by atoms with Crippen molar-refractivity contribution < 1.29 is 4.79 Å². The highest BCUT2D eigenvalue weighted by Gasteiger charge is 2.07. The molecule has 0 radical (unpaired) electrons. The number of rotatable bonds is 3. The molecule has 0 atom stereocenters. The van der Waals surface area contributed by atoms with Crippen LogP contribution in [0.15, 0.2) is 48.5 Å². The third-order valence-corrected chi connectivity index (χ3v) is 2.90. The summed E-state index contributed by atoms with van der Waals surface area (Å²) in [4.78, 5) is 11.9. The van der Waals surface area contributed by atoms with Crippen LogP contribution in [-0.4, -0.2) is 5.91 Å². The average molecular weight is 261 g/mol. The highest BCUT2D eigenvalue weighted by atomic mass is 35.5. The Morgan fingerprint density at radius 3 is 2.44 bits per heavy atom. The minimum atomic E-state index is -0.187. The third kappa shape index (κ3) is 2.81. The summed E-state index contributed by atoms with van der Waals surface area (Å²) in [6.45, 7) is 1.89. The molecule has 2 aromatic rings. The fourth-order valence-corrected chi connectivity index (χ4v) is 1.76. The Balaban J connectivity index is 2.06. The number of halogens is 1. The summed E-state index contributed by atoms with van der Waals surface area (Å²) in [6.07, 6.45) is 0. The van der Waals surface area contributed by atoms with Crippen LogP contribution in [0, 0.1) is 6.92 Å². The molecule has 0 fully saturated rings. The molecule has 0 unspecified atom stereocenters. The molecule has 0 heterocycles.